The lowest BCUT2D eigenvalue weighted by Crippen LogP contribution is -1.99. The Morgan fingerprint density at radius 3 is 2.78 bits per heavy atom. The molecule has 1 aromatic heterocycles. The van der Waals surface area contributed by atoms with Crippen molar-refractivity contribution in [1.29, 1.82) is 0 Å². The lowest BCUT2D eigenvalue weighted by atomic mass is 10.1. The Kier molecular flexibility index (Phi) is 4.07. The van der Waals surface area contributed by atoms with Crippen LogP contribution < -0.4 is 0 Å². The van der Waals surface area contributed by atoms with Crippen molar-refractivity contribution < 1.29 is 4.79 Å². The molecule has 2 nitrogen and oxygen atoms in total. The fourth-order valence-corrected chi connectivity index (χ4v) is 2.53. The van der Waals surface area contributed by atoms with Gasteiger partial charge in [-0.25, -0.2) is 0 Å². The molecule has 0 N–H and O–H groups in total. The van der Waals surface area contributed by atoms with Crippen LogP contribution in [-0.4, -0.2) is 16.2 Å². The first kappa shape index (κ1) is 13.2. The van der Waals surface area contributed by atoms with Gasteiger partial charge in [-0.1, -0.05) is 25.1 Å². The minimum atomic E-state index is 0.123. The molecule has 2 rings (SSSR count). The highest BCUT2D eigenvalue weighted by molar-refractivity contribution is 6.17. The molecule has 0 fully saturated rings. The zero-order valence-corrected chi connectivity index (χ0v) is 11.6. The number of hydrogen-bond donors (Lipinski definition) is 0. The highest BCUT2D eigenvalue weighted by atomic mass is 35.5. The van der Waals surface area contributed by atoms with Gasteiger partial charge in [0, 0.05) is 29.6 Å². The summed E-state index contributed by atoms with van der Waals surface area (Å²) < 4.78 is 2.17. The van der Waals surface area contributed by atoms with Crippen LogP contribution >= 0.6 is 11.6 Å². The number of hydrogen-bond acceptors (Lipinski definition) is 1. The molecule has 96 valence electrons. The third-order valence-electron chi connectivity index (χ3n) is 3.27. The minimum Gasteiger partial charge on any atom is -0.346 e. The van der Waals surface area contributed by atoms with E-state index >= 15 is 0 Å². The highest BCUT2D eigenvalue weighted by Gasteiger charge is 2.13. The molecule has 2 aromatic rings. The normalized spacial score (nSPS) is 11.1. The fourth-order valence-electron chi connectivity index (χ4n) is 2.41. The van der Waals surface area contributed by atoms with Crippen molar-refractivity contribution in [3.63, 3.8) is 0 Å². The smallest absolute Gasteiger partial charge is 0.161 e. The number of ketones is 1. The van der Waals surface area contributed by atoms with Crippen molar-refractivity contribution in [1.82, 2.24) is 4.57 Å². The van der Waals surface area contributed by atoms with Crippen LogP contribution in [0.4, 0.5) is 0 Å². The monoisotopic (exact) mass is 263 g/mol. The van der Waals surface area contributed by atoms with E-state index in [9.17, 15) is 4.79 Å². The molecule has 0 saturated heterocycles. The van der Waals surface area contributed by atoms with Gasteiger partial charge in [0.15, 0.2) is 5.78 Å². The Hall–Kier alpha value is -1.28. The third-order valence-corrected chi connectivity index (χ3v) is 3.54. The van der Waals surface area contributed by atoms with Crippen molar-refractivity contribution in [2.24, 2.45) is 0 Å². The summed E-state index contributed by atoms with van der Waals surface area (Å²) in [5.74, 6) is 0.765. The number of aryl methyl sites for hydroxylation is 2. The van der Waals surface area contributed by atoms with E-state index < -0.39 is 0 Å². The number of carbonyl (C=O) groups excluding carboxylic acids is 1. The summed E-state index contributed by atoms with van der Waals surface area (Å²) in [7, 11) is 0. The highest BCUT2D eigenvalue weighted by Crippen LogP contribution is 2.26. The van der Waals surface area contributed by atoms with E-state index in [-0.39, 0.29) is 5.78 Å². The summed E-state index contributed by atoms with van der Waals surface area (Å²) in [6, 6.07) is 6.19. The number of rotatable bonds is 5. The topological polar surface area (TPSA) is 22.0 Å². The molecule has 0 bridgehead atoms. The fraction of sp³-hybridized carbons (Fsp3) is 0.400. The van der Waals surface area contributed by atoms with Crippen LogP contribution in [0.1, 0.15) is 36.2 Å². The van der Waals surface area contributed by atoms with Crippen LogP contribution in [0.2, 0.25) is 0 Å². The molecule has 0 saturated carbocycles. The quantitative estimate of drug-likeness (QED) is 0.590. The number of para-hydroxylation sites is 1. The number of benzene rings is 1. The molecule has 0 aliphatic heterocycles. The molecule has 1 heterocycles. The van der Waals surface area contributed by atoms with E-state index in [1.165, 1.54) is 11.1 Å². The number of alkyl halides is 1. The molecule has 18 heavy (non-hydrogen) atoms. The second-order valence-corrected chi connectivity index (χ2v) is 4.88. The molecular weight excluding hydrogens is 246 g/mol. The molecule has 0 atom stereocenters. The summed E-state index contributed by atoms with van der Waals surface area (Å²) in [5.41, 5.74) is 3.29. The van der Waals surface area contributed by atoms with E-state index in [2.05, 4.69) is 17.6 Å². The first-order chi connectivity index (χ1) is 8.69. The zero-order valence-electron chi connectivity index (χ0n) is 10.9. The van der Waals surface area contributed by atoms with Gasteiger partial charge in [-0.3, -0.25) is 4.79 Å². The van der Waals surface area contributed by atoms with Crippen LogP contribution in [0.3, 0.4) is 0 Å². The molecule has 0 aliphatic rings. The SMILES string of the molecule is CCc1cccc2c(C(C)=O)cn(CCCCl)c12. The van der Waals surface area contributed by atoms with Gasteiger partial charge in [0.2, 0.25) is 0 Å². The molecule has 1 aromatic carbocycles. The first-order valence-corrected chi connectivity index (χ1v) is 6.90. The van der Waals surface area contributed by atoms with Gasteiger partial charge in [0.05, 0.1) is 5.52 Å². The van der Waals surface area contributed by atoms with Gasteiger partial charge in [-0.05, 0) is 25.3 Å². The molecule has 0 spiro atoms. The Morgan fingerprint density at radius 1 is 1.39 bits per heavy atom. The van der Waals surface area contributed by atoms with Crippen LogP contribution in [0.15, 0.2) is 24.4 Å². The largest absolute Gasteiger partial charge is 0.346 e. The van der Waals surface area contributed by atoms with E-state index in [4.69, 9.17) is 11.6 Å². The maximum Gasteiger partial charge on any atom is 0.161 e. The Balaban J connectivity index is 2.64. The van der Waals surface area contributed by atoms with Crippen molar-refractivity contribution in [3.05, 3.63) is 35.5 Å². The Bertz CT molecular complexity index is 571. The summed E-state index contributed by atoms with van der Waals surface area (Å²) in [4.78, 5) is 11.7. The Labute approximate surface area is 113 Å². The van der Waals surface area contributed by atoms with Crippen molar-refractivity contribution in [2.75, 3.05) is 5.88 Å². The number of carbonyl (C=O) groups is 1. The van der Waals surface area contributed by atoms with E-state index in [0.29, 0.717) is 5.88 Å². The molecule has 0 radical (unpaired) electrons. The number of Topliss-reactive ketones (excluding diaryl/α,β-unsaturated/α-hetero) is 1. The zero-order chi connectivity index (χ0) is 13.1. The predicted molar refractivity (Wildman–Crippen MR) is 76.7 cm³/mol. The van der Waals surface area contributed by atoms with E-state index in [0.717, 1.165) is 30.3 Å². The average Bonchev–Trinajstić information content (AvgIpc) is 2.75. The Morgan fingerprint density at radius 2 is 2.17 bits per heavy atom. The maximum atomic E-state index is 11.7. The average molecular weight is 264 g/mol. The van der Waals surface area contributed by atoms with Crippen LogP contribution in [0, 0.1) is 0 Å². The molecular formula is C15H18ClNO. The van der Waals surface area contributed by atoms with Crippen LogP contribution in [-0.2, 0) is 13.0 Å². The van der Waals surface area contributed by atoms with E-state index in [1.54, 1.807) is 6.92 Å². The standard InChI is InChI=1S/C15H18ClNO/c1-3-12-6-4-7-13-14(11(2)18)10-17(15(12)13)9-5-8-16/h4,6-7,10H,3,5,8-9H2,1-2H3. The van der Waals surface area contributed by atoms with Crippen LogP contribution in [0.25, 0.3) is 10.9 Å². The van der Waals surface area contributed by atoms with Crippen LogP contribution in [0.5, 0.6) is 0 Å². The van der Waals surface area contributed by atoms with Gasteiger partial charge in [-0.2, -0.15) is 0 Å². The summed E-state index contributed by atoms with van der Waals surface area (Å²) in [6.45, 7) is 4.63. The number of nitrogens with zero attached hydrogens (tertiary/aromatic N) is 1. The summed E-state index contributed by atoms with van der Waals surface area (Å²) in [5, 5.41) is 1.07. The minimum absolute atomic E-state index is 0.123. The van der Waals surface area contributed by atoms with Crippen molar-refractivity contribution in [2.45, 2.75) is 33.2 Å². The first-order valence-electron chi connectivity index (χ1n) is 6.36. The second kappa shape index (κ2) is 5.57. The van der Waals surface area contributed by atoms with E-state index in [1.807, 2.05) is 18.3 Å². The van der Waals surface area contributed by atoms with Gasteiger partial charge < -0.3 is 4.57 Å². The van der Waals surface area contributed by atoms with Gasteiger partial charge in [-0.15, -0.1) is 11.6 Å². The molecule has 0 amide bonds. The number of halogens is 1. The van der Waals surface area contributed by atoms with Crippen molar-refractivity contribution in [3.8, 4) is 0 Å². The second-order valence-electron chi connectivity index (χ2n) is 4.50. The third kappa shape index (κ3) is 2.30. The molecule has 0 unspecified atom stereocenters. The maximum absolute atomic E-state index is 11.7. The van der Waals surface area contributed by atoms with Gasteiger partial charge >= 0.3 is 0 Å². The molecule has 3 heteroatoms. The predicted octanol–water partition coefficient (Wildman–Crippen LogP) is 4.04. The summed E-state index contributed by atoms with van der Waals surface area (Å²) >= 11 is 5.77. The summed E-state index contributed by atoms with van der Waals surface area (Å²) in [6.07, 6.45) is 3.86. The lowest BCUT2D eigenvalue weighted by Gasteiger charge is -2.07. The number of fused-ring (bicyclic) bond motifs is 1. The lowest BCUT2D eigenvalue weighted by molar-refractivity contribution is 0.101. The van der Waals surface area contributed by atoms with Gasteiger partial charge in [0.25, 0.3) is 0 Å². The van der Waals surface area contributed by atoms with Gasteiger partial charge in [0.1, 0.15) is 0 Å². The number of aromatic nitrogens is 1. The van der Waals surface area contributed by atoms with Crippen molar-refractivity contribution >= 4 is 28.3 Å². The molecule has 0 aliphatic carbocycles.